The number of nitrogens with zero attached hydrogens (tertiary/aromatic N) is 3. The van der Waals surface area contributed by atoms with Gasteiger partial charge in [-0.1, -0.05) is 12.1 Å². The molecule has 4 rings (SSSR count). The molecule has 1 N–H and O–H groups in total. The van der Waals surface area contributed by atoms with Gasteiger partial charge in [0.1, 0.15) is 17.7 Å². The summed E-state index contributed by atoms with van der Waals surface area (Å²) >= 11 is 0. The van der Waals surface area contributed by atoms with Gasteiger partial charge in [-0.2, -0.15) is 17.5 Å². The third-order valence-corrected chi connectivity index (χ3v) is 7.47. The van der Waals surface area contributed by atoms with Crippen LogP contribution in [0, 0.1) is 5.82 Å². The molecule has 200 valence electrons. The first kappa shape index (κ1) is 27.2. The number of carbonyl (C=O) groups excluding carboxylic acids is 1. The number of carbonyl (C=O) groups is 1. The van der Waals surface area contributed by atoms with Gasteiger partial charge in [0.25, 0.3) is 10.0 Å². The first-order valence-electron chi connectivity index (χ1n) is 11.3. The largest absolute Gasteiger partial charge is 0.443 e. The zero-order valence-corrected chi connectivity index (χ0v) is 21.0. The number of nitrogens with one attached hydrogen (secondary N) is 1. The summed E-state index contributed by atoms with van der Waals surface area (Å²) in [4.78, 5) is 20.8. The van der Waals surface area contributed by atoms with E-state index in [1.54, 1.807) is 13.8 Å². The predicted octanol–water partition coefficient (Wildman–Crippen LogP) is 4.76. The minimum atomic E-state index is -4.46. The molecule has 38 heavy (non-hydrogen) atoms. The number of benzene rings is 2. The Balaban J connectivity index is 1.45. The van der Waals surface area contributed by atoms with Crippen LogP contribution in [0.4, 0.5) is 17.6 Å². The van der Waals surface area contributed by atoms with Crippen LogP contribution in [0.5, 0.6) is 0 Å². The molecule has 4 aromatic rings. The van der Waals surface area contributed by atoms with E-state index >= 15 is 0 Å². The number of hydrogen-bond acceptors (Lipinski definition) is 6. The maximum absolute atomic E-state index is 13.5. The summed E-state index contributed by atoms with van der Waals surface area (Å²) in [5, 5.41) is 2.43. The average Bonchev–Trinajstić information content (AvgIpc) is 3.30. The molecule has 0 fully saturated rings. The van der Waals surface area contributed by atoms with Crippen molar-refractivity contribution in [2.75, 3.05) is 6.54 Å². The Bertz CT molecular complexity index is 1570. The van der Waals surface area contributed by atoms with E-state index in [9.17, 15) is 30.8 Å². The number of sulfonamides is 1. The van der Waals surface area contributed by atoms with Crippen molar-refractivity contribution >= 4 is 26.9 Å². The summed E-state index contributed by atoms with van der Waals surface area (Å²) in [6.45, 7) is 2.58. The van der Waals surface area contributed by atoms with Gasteiger partial charge in [0.05, 0.1) is 30.0 Å². The normalized spacial score (nSPS) is 12.4. The van der Waals surface area contributed by atoms with Gasteiger partial charge in [-0.05, 0) is 50.2 Å². The highest BCUT2D eigenvalue weighted by atomic mass is 32.2. The molecular weight excluding hydrogens is 528 g/mol. The Kier molecular flexibility index (Phi) is 7.51. The number of furan rings is 1. The molecule has 1 amide bonds. The quantitative estimate of drug-likeness (QED) is 0.317. The lowest BCUT2D eigenvalue weighted by Gasteiger charge is -2.24. The Labute approximate surface area is 215 Å². The molecule has 0 aliphatic heterocycles. The van der Waals surface area contributed by atoms with Crippen molar-refractivity contribution in [1.82, 2.24) is 19.6 Å². The molecule has 0 saturated heterocycles. The van der Waals surface area contributed by atoms with Crippen molar-refractivity contribution in [2.45, 2.75) is 37.7 Å². The van der Waals surface area contributed by atoms with Gasteiger partial charge in [-0.25, -0.2) is 22.8 Å². The van der Waals surface area contributed by atoms with E-state index in [-0.39, 0.29) is 17.5 Å². The number of alkyl halides is 3. The smallest absolute Gasteiger partial charge is 0.416 e. The van der Waals surface area contributed by atoms with Crippen molar-refractivity contribution in [2.24, 2.45) is 0 Å². The predicted molar refractivity (Wildman–Crippen MR) is 130 cm³/mol. The zero-order chi connectivity index (χ0) is 27.7. The second kappa shape index (κ2) is 10.5. The second-order valence-corrected chi connectivity index (χ2v) is 10.5. The highest BCUT2D eigenvalue weighted by molar-refractivity contribution is 7.89. The van der Waals surface area contributed by atoms with E-state index in [0.29, 0.717) is 17.0 Å². The summed E-state index contributed by atoms with van der Waals surface area (Å²) in [6, 6.07) is 10.2. The van der Waals surface area contributed by atoms with Crippen LogP contribution in [0.25, 0.3) is 22.2 Å². The zero-order valence-electron chi connectivity index (χ0n) is 20.2. The third kappa shape index (κ3) is 6.00. The Hall–Kier alpha value is -3.84. The van der Waals surface area contributed by atoms with Crippen LogP contribution in [0.1, 0.15) is 25.1 Å². The molecule has 0 spiro atoms. The molecule has 2 aromatic carbocycles. The lowest BCUT2D eigenvalue weighted by molar-refractivity contribution is -0.137. The summed E-state index contributed by atoms with van der Waals surface area (Å²) in [5.41, 5.74) is 0.538. The van der Waals surface area contributed by atoms with Crippen LogP contribution < -0.4 is 5.32 Å². The maximum Gasteiger partial charge on any atom is 0.416 e. The molecule has 0 atom stereocenters. The molecular formula is C25H22F4N4O4S. The lowest BCUT2D eigenvalue weighted by Crippen LogP contribution is -2.44. The van der Waals surface area contributed by atoms with Crippen LogP contribution in [0.3, 0.4) is 0 Å². The minimum absolute atomic E-state index is 0.0785. The number of rotatable bonds is 8. The van der Waals surface area contributed by atoms with E-state index < -0.39 is 51.2 Å². The second-order valence-electron chi connectivity index (χ2n) is 8.64. The molecule has 0 aliphatic carbocycles. The molecule has 0 aliphatic rings. The van der Waals surface area contributed by atoms with E-state index in [1.165, 1.54) is 36.7 Å². The highest BCUT2D eigenvalue weighted by Gasteiger charge is 2.32. The van der Waals surface area contributed by atoms with Gasteiger partial charge < -0.3 is 9.73 Å². The molecule has 0 bridgehead atoms. The van der Waals surface area contributed by atoms with Crippen molar-refractivity contribution < 1.29 is 35.2 Å². The Morgan fingerprint density at radius 2 is 1.76 bits per heavy atom. The molecule has 0 saturated carbocycles. The van der Waals surface area contributed by atoms with Gasteiger partial charge in [0.15, 0.2) is 0 Å². The molecule has 0 radical (unpaired) electrons. The summed E-state index contributed by atoms with van der Waals surface area (Å²) < 4.78 is 84.7. The third-order valence-electron chi connectivity index (χ3n) is 5.59. The van der Waals surface area contributed by atoms with E-state index in [4.69, 9.17) is 4.42 Å². The molecule has 8 nitrogen and oxygen atoms in total. The molecule has 2 heterocycles. The highest BCUT2D eigenvalue weighted by Crippen LogP contribution is 2.31. The number of hydrogen-bond donors (Lipinski definition) is 1. The van der Waals surface area contributed by atoms with Gasteiger partial charge in [-0.3, -0.25) is 4.79 Å². The number of aromatic nitrogens is 2. The number of amides is 1. The Morgan fingerprint density at radius 1 is 1.05 bits per heavy atom. The summed E-state index contributed by atoms with van der Waals surface area (Å²) in [5.74, 6) is -1.17. The van der Waals surface area contributed by atoms with Gasteiger partial charge in [0, 0.05) is 23.1 Å². The van der Waals surface area contributed by atoms with Crippen molar-refractivity contribution in [3.63, 3.8) is 0 Å². The summed E-state index contributed by atoms with van der Waals surface area (Å²) in [6.07, 6.45) is -3.25. The minimum Gasteiger partial charge on any atom is -0.443 e. The maximum atomic E-state index is 13.5. The number of halogens is 4. The van der Waals surface area contributed by atoms with Crippen molar-refractivity contribution in [3.8, 4) is 11.3 Å². The standard InChI is InChI=1S/C25H22F4N4O4S/c1-15(2)33(38(35,36)24-10-17-9-19(26)7-8-22(17)37-24)13-23(34)30-12-20-11-21(32-14-31-20)16-3-5-18(6-4-16)25(27,28)29/h3-11,14-15H,12-13H2,1-2H3,(H,30,34). The van der Waals surface area contributed by atoms with Crippen LogP contribution in [-0.4, -0.2) is 41.2 Å². The van der Waals surface area contributed by atoms with Crippen LogP contribution >= 0.6 is 0 Å². The first-order valence-corrected chi connectivity index (χ1v) is 12.7. The fourth-order valence-electron chi connectivity index (χ4n) is 3.65. The van der Waals surface area contributed by atoms with Crippen LogP contribution in [0.15, 0.2) is 70.4 Å². The van der Waals surface area contributed by atoms with Gasteiger partial charge >= 0.3 is 6.18 Å². The van der Waals surface area contributed by atoms with Gasteiger partial charge in [0.2, 0.25) is 11.0 Å². The van der Waals surface area contributed by atoms with E-state index in [1.807, 2.05) is 0 Å². The first-order chi connectivity index (χ1) is 17.8. The SMILES string of the molecule is CC(C)N(CC(=O)NCc1cc(-c2ccc(C(F)(F)F)cc2)ncn1)S(=O)(=O)c1cc2cc(F)ccc2o1. The van der Waals surface area contributed by atoms with E-state index in [0.717, 1.165) is 28.6 Å². The van der Waals surface area contributed by atoms with Gasteiger partial charge in [-0.15, -0.1) is 0 Å². The van der Waals surface area contributed by atoms with E-state index in [2.05, 4.69) is 15.3 Å². The fraction of sp³-hybridized carbons (Fsp3) is 0.240. The topological polar surface area (TPSA) is 105 Å². The molecule has 13 heteroatoms. The van der Waals surface area contributed by atoms with Crippen LogP contribution in [-0.2, 0) is 27.5 Å². The fourth-order valence-corrected chi connectivity index (χ4v) is 5.19. The Morgan fingerprint density at radius 3 is 2.42 bits per heavy atom. The summed E-state index contributed by atoms with van der Waals surface area (Å²) in [7, 11) is -4.23. The monoisotopic (exact) mass is 550 g/mol. The van der Waals surface area contributed by atoms with Crippen LogP contribution in [0.2, 0.25) is 0 Å². The molecule has 0 unspecified atom stereocenters. The number of fused-ring (bicyclic) bond motifs is 1. The van der Waals surface area contributed by atoms with Crippen molar-refractivity contribution in [3.05, 3.63) is 78.0 Å². The molecule has 2 aromatic heterocycles. The average molecular weight is 551 g/mol. The van der Waals surface area contributed by atoms with Crippen molar-refractivity contribution in [1.29, 1.82) is 0 Å². The lowest BCUT2D eigenvalue weighted by atomic mass is 10.1.